The number of aromatic nitrogens is 2. The maximum atomic E-state index is 8.89. The van der Waals surface area contributed by atoms with Crippen molar-refractivity contribution >= 4 is 21.9 Å². The Hall–Kier alpha value is -0.680. The fourth-order valence-electron chi connectivity index (χ4n) is 0.718. The molecule has 0 unspecified atom stereocenters. The summed E-state index contributed by atoms with van der Waals surface area (Å²) in [5.74, 6) is 0.599. The van der Waals surface area contributed by atoms with Gasteiger partial charge in [-0.2, -0.15) is 0 Å². The number of halogens is 1. The molecule has 1 aromatic heterocycles. The monoisotopic (exact) mass is 231 g/mol. The van der Waals surface area contributed by atoms with Gasteiger partial charge < -0.3 is 10.0 Å². The van der Waals surface area contributed by atoms with Crippen LogP contribution in [0.3, 0.4) is 0 Å². The molecular weight excluding hydrogens is 222 g/mol. The molecule has 0 aliphatic carbocycles. The standard InChI is InChI=1S/C7H10BrN3O/c1-11(2)7-9-3-5(8)6(4-12)10-7/h3,12H,4H2,1-2H3. The Balaban J connectivity index is 3.05. The Bertz CT molecular complexity index is 277. The van der Waals surface area contributed by atoms with E-state index >= 15 is 0 Å². The highest BCUT2D eigenvalue weighted by Gasteiger charge is 2.04. The topological polar surface area (TPSA) is 49.2 Å². The number of rotatable bonds is 2. The zero-order valence-electron chi connectivity index (χ0n) is 6.95. The fourth-order valence-corrected chi connectivity index (χ4v) is 1.03. The summed E-state index contributed by atoms with van der Waals surface area (Å²) in [6, 6.07) is 0. The lowest BCUT2D eigenvalue weighted by molar-refractivity contribution is 0.276. The second-order valence-corrected chi connectivity index (χ2v) is 3.37. The number of aliphatic hydroxyl groups is 1. The molecule has 12 heavy (non-hydrogen) atoms. The number of hydrogen-bond donors (Lipinski definition) is 1. The highest BCUT2D eigenvalue weighted by atomic mass is 79.9. The van der Waals surface area contributed by atoms with E-state index in [-0.39, 0.29) is 6.61 Å². The van der Waals surface area contributed by atoms with E-state index in [1.54, 1.807) is 11.1 Å². The lowest BCUT2D eigenvalue weighted by Gasteiger charge is -2.10. The van der Waals surface area contributed by atoms with Crippen molar-refractivity contribution in [3.8, 4) is 0 Å². The summed E-state index contributed by atoms with van der Waals surface area (Å²) in [7, 11) is 3.70. The summed E-state index contributed by atoms with van der Waals surface area (Å²) in [6.07, 6.45) is 1.63. The number of anilines is 1. The van der Waals surface area contributed by atoms with Gasteiger partial charge >= 0.3 is 0 Å². The second-order valence-electron chi connectivity index (χ2n) is 2.52. The van der Waals surface area contributed by atoms with Gasteiger partial charge in [0.1, 0.15) is 0 Å². The smallest absolute Gasteiger partial charge is 0.225 e. The fraction of sp³-hybridized carbons (Fsp3) is 0.429. The first-order chi connectivity index (χ1) is 5.65. The molecule has 66 valence electrons. The van der Waals surface area contributed by atoms with Gasteiger partial charge in [-0.1, -0.05) is 0 Å². The predicted molar refractivity (Wildman–Crippen MR) is 50.0 cm³/mol. The van der Waals surface area contributed by atoms with Gasteiger partial charge in [0.05, 0.1) is 16.8 Å². The normalized spacial score (nSPS) is 10.0. The lowest BCUT2D eigenvalue weighted by Crippen LogP contribution is -2.13. The van der Waals surface area contributed by atoms with Crippen LogP contribution in [-0.2, 0) is 6.61 Å². The first-order valence-corrected chi connectivity index (χ1v) is 4.24. The van der Waals surface area contributed by atoms with Gasteiger partial charge in [0.2, 0.25) is 5.95 Å². The SMILES string of the molecule is CN(C)c1ncc(Br)c(CO)n1. The number of nitrogens with zero attached hydrogens (tertiary/aromatic N) is 3. The summed E-state index contributed by atoms with van der Waals surface area (Å²) in [5, 5.41) is 8.89. The molecule has 0 aliphatic rings. The van der Waals surface area contributed by atoms with Crippen molar-refractivity contribution in [1.29, 1.82) is 0 Å². The molecule has 0 spiro atoms. The average Bonchev–Trinajstić information content (AvgIpc) is 2.05. The van der Waals surface area contributed by atoms with Crippen LogP contribution in [0.5, 0.6) is 0 Å². The Morgan fingerprint density at radius 3 is 2.75 bits per heavy atom. The van der Waals surface area contributed by atoms with E-state index < -0.39 is 0 Å². The van der Waals surface area contributed by atoms with Crippen LogP contribution in [0.25, 0.3) is 0 Å². The van der Waals surface area contributed by atoms with Crippen molar-refractivity contribution in [2.75, 3.05) is 19.0 Å². The van der Waals surface area contributed by atoms with Gasteiger partial charge in [-0.05, 0) is 15.9 Å². The maximum Gasteiger partial charge on any atom is 0.225 e. The highest BCUT2D eigenvalue weighted by molar-refractivity contribution is 9.10. The van der Waals surface area contributed by atoms with Crippen LogP contribution in [0.2, 0.25) is 0 Å². The molecule has 0 fully saturated rings. The average molecular weight is 232 g/mol. The molecule has 0 aromatic carbocycles. The molecule has 0 bridgehead atoms. The number of hydrogen-bond acceptors (Lipinski definition) is 4. The molecule has 1 heterocycles. The third-order valence-electron chi connectivity index (χ3n) is 1.35. The molecule has 0 saturated carbocycles. The van der Waals surface area contributed by atoms with Crippen molar-refractivity contribution < 1.29 is 5.11 Å². The van der Waals surface area contributed by atoms with E-state index in [4.69, 9.17) is 5.11 Å². The van der Waals surface area contributed by atoms with Crippen molar-refractivity contribution in [2.24, 2.45) is 0 Å². The Morgan fingerprint density at radius 1 is 1.58 bits per heavy atom. The zero-order chi connectivity index (χ0) is 9.14. The molecule has 0 amide bonds. The summed E-state index contributed by atoms with van der Waals surface area (Å²) in [6.45, 7) is -0.0794. The molecule has 1 aromatic rings. The van der Waals surface area contributed by atoms with Crippen molar-refractivity contribution in [1.82, 2.24) is 9.97 Å². The van der Waals surface area contributed by atoms with Gasteiger partial charge in [-0.25, -0.2) is 9.97 Å². The van der Waals surface area contributed by atoms with Crippen LogP contribution in [0, 0.1) is 0 Å². The van der Waals surface area contributed by atoms with Gasteiger partial charge in [0, 0.05) is 20.3 Å². The van der Waals surface area contributed by atoms with Gasteiger partial charge in [0.25, 0.3) is 0 Å². The zero-order valence-corrected chi connectivity index (χ0v) is 8.54. The first-order valence-electron chi connectivity index (χ1n) is 3.44. The molecule has 5 heteroatoms. The van der Waals surface area contributed by atoms with Crippen LogP contribution < -0.4 is 4.90 Å². The van der Waals surface area contributed by atoms with Crippen LogP contribution in [0.1, 0.15) is 5.69 Å². The molecule has 4 nitrogen and oxygen atoms in total. The van der Waals surface area contributed by atoms with E-state index in [9.17, 15) is 0 Å². The van der Waals surface area contributed by atoms with Crippen LogP contribution in [-0.4, -0.2) is 29.2 Å². The van der Waals surface area contributed by atoms with Crippen LogP contribution >= 0.6 is 15.9 Å². The largest absolute Gasteiger partial charge is 0.390 e. The Kier molecular flexibility index (Phi) is 2.99. The van der Waals surface area contributed by atoms with E-state index in [0.29, 0.717) is 11.6 Å². The quantitative estimate of drug-likeness (QED) is 0.819. The Morgan fingerprint density at radius 2 is 2.25 bits per heavy atom. The molecule has 0 saturated heterocycles. The first kappa shape index (κ1) is 9.41. The third kappa shape index (κ3) is 1.92. The summed E-state index contributed by atoms with van der Waals surface area (Å²) in [5.41, 5.74) is 0.605. The van der Waals surface area contributed by atoms with E-state index in [1.807, 2.05) is 14.1 Å². The molecule has 0 aliphatic heterocycles. The van der Waals surface area contributed by atoms with Gasteiger partial charge in [-0.3, -0.25) is 0 Å². The highest BCUT2D eigenvalue weighted by Crippen LogP contribution is 2.15. The van der Waals surface area contributed by atoms with E-state index in [0.717, 1.165) is 4.47 Å². The van der Waals surface area contributed by atoms with Crippen molar-refractivity contribution in [2.45, 2.75) is 6.61 Å². The van der Waals surface area contributed by atoms with Crippen LogP contribution in [0.4, 0.5) is 5.95 Å². The molecule has 1 N–H and O–H groups in total. The summed E-state index contributed by atoms with van der Waals surface area (Å²) >= 11 is 3.24. The minimum atomic E-state index is -0.0794. The van der Waals surface area contributed by atoms with Crippen molar-refractivity contribution in [3.05, 3.63) is 16.4 Å². The maximum absolute atomic E-state index is 8.89. The minimum absolute atomic E-state index is 0.0794. The molecule has 0 atom stereocenters. The second kappa shape index (κ2) is 3.82. The van der Waals surface area contributed by atoms with Crippen LogP contribution in [0.15, 0.2) is 10.7 Å². The number of aliphatic hydroxyl groups excluding tert-OH is 1. The van der Waals surface area contributed by atoms with Crippen molar-refractivity contribution in [3.63, 3.8) is 0 Å². The third-order valence-corrected chi connectivity index (χ3v) is 2.02. The lowest BCUT2D eigenvalue weighted by atomic mass is 10.4. The molecular formula is C7H10BrN3O. The molecule has 0 radical (unpaired) electrons. The summed E-state index contributed by atoms with van der Waals surface area (Å²) < 4.78 is 0.732. The Labute approximate surface area is 79.4 Å². The van der Waals surface area contributed by atoms with E-state index in [2.05, 4.69) is 25.9 Å². The van der Waals surface area contributed by atoms with Gasteiger partial charge in [-0.15, -0.1) is 0 Å². The minimum Gasteiger partial charge on any atom is -0.390 e. The van der Waals surface area contributed by atoms with Gasteiger partial charge in [0.15, 0.2) is 0 Å². The predicted octanol–water partition coefficient (Wildman–Crippen LogP) is 0.797. The summed E-state index contributed by atoms with van der Waals surface area (Å²) in [4.78, 5) is 9.93. The molecule has 1 rings (SSSR count). The van der Waals surface area contributed by atoms with E-state index in [1.165, 1.54) is 0 Å².